The molecule has 1 aliphatic rings. The van der Waals surface area contributed by atoms with Gasteiger partial charge in [0.15, 0.2) is 17.5 Å². The van der Waals surface area contributed by atoms with Crippen molar-refractivity contribution in [2.45, 2.75) is 25.8 Å². The number of ether oxygens (including phenoxy) is 2. The molecule has 2 aromatic rings. The largest absolute Gasteiger partial charge is 0.493 e. The summed E-state index contributed by atoms with van der Waals surface area (Å²) in [6, 6.07) is 8.02. The van der Waals surface area contributed by atoms with Crippen LogP contribution in [0.1, 0.15) is 25.1 Å². The highest BCUT2D eigenvalue weighted by Gasteiger charge is 2.25. The Bertz CT molecular complexity index is 827. The monoisotopic (exact) mass is 415 g/mol. The third-order valence-electron chi connectivity index (χ3n) is 5.61. The average molecular weight is 416 g/mol. The zero-order valence-electron chi connectivity index (χ0n) is 18.6. The Hall–Kier alpha value is -2.74. The van der Waals surface area contributed by atoms with Crippen molar-refractivity contribution in [3.8, 4) is 11.5 Å². The van der Waals surface area contributed by atoms with Crippen LogP contribution in [-0.2, 0) is 12.0 Å². The Balaban J connectivity index is 1.56. The molecule has 3 rings (SSSR count). The van der Waals surface area contributed by atoms with Crippen molar-refractivity contribution in [1.82, 2.24) is 20.3 Å². The quantitative estimate of drug-likeness (QED) is 0.550. The van der Waals surface area contributed by atoms with Crippen LogP contribution in [0, 0.1) is 0 Å². The number of piperazine rings is 1. The van der Waals surface area contributed by atoms with E-state index in [0.29, 0.717) is 0 Å². The van der Waals surface area contributed by atoms with Crippen molar-refractivity contribution in [3.05, 3.63) is 41.8 Å². The van der Waals surface area contributed by atoms with E-state index in [1.165, 1.54) is 5.56 Å². The summed E-state index contributed by atoms with van der Waals surface area (Å²) in [5, 5.41) is 7.57. The molecule has 1 fully saturated rings. The predicted octanol–water partition coefficient (Wildman–Crippen LogP) is 2.36. The number of nitrogens with one attached hydrogen (secondary N) is 1. The van der Waals surface area contributed by atoms with Gasteiger partial charge in [0.05, 0.1) is 19.9 Å². The minimum Gasteiger partial charge on any atom is -0.493 e. The zero-order chi connectivity index (χ0) is 21.6. The highest BCUT2D eigenvalue weighted by Crippen LogP contribution is 2.32. The van der Waals surface area contributed by atoms with Crippen molar-refractivity contribution in [2.75, 3.05) is 54.0 Å². The number of rotatable bonds is 7. The van der Waals surface area contributed by atoms with E-state index in [0.717, 1.165) is 62.4 Å². The lowest BCUT2D eigenvalue weighted by Crippen LogP contribution is -2.53. The van der Waals surface area contributed by atoms with Gasteiger partial charge in [-0.15, -0.1) is 0 Å². The van der Waals surface area contributed by atoms with E-state index in [4.69, 9.17) is 14.0 Å². The summed E-state index contributed by atoms with van der Waals surface area (Å²) >= 11 is 0. The van der Waals surface area contributed by atoms with Crippen LogP contribution in [0.2, 0.25) is 0 Å². The van der Waals surface area contributed by atoms with Crippen LogP contribution in [0.4, 0.5) is 0 Å². The Kier molecular flexibility index (Phi) is 7.20. The van der Waals surface area contributed by atoms with Gasteiger partial charge in [0.1, 0.15) is 6.26 Å². The lowest BCUT2D eigenvalue weighted by molar-refractivity contribution is 0.168. The first-order valence-electron chi connectivity index (χ1n) is 10.3. The van der Waals surface area contributed by atoms with Crippen molar-refractivity contribution < 1.29 is 14.0 Å². The molecule has 1 aromatic carbocycles. The van der Waals surface area contributed by atoms with Crippen molar-refractivity contribution in [1.29, 1.82) is 0 Å². The number of aliphatic imine (C=N–C) groups is 1. The maximum atomic E-state index is 5.47. The Morgan fingerprint density at radius 3 is 2.47 bits per heavy atom. The van der Waals surface area contributed by atoms with Gasteiger partial charge < -0.3 is 24.2 Å². The maximum absolute atomic E-state index is 5.47. The van der Waals surface area contributed by atoms with E-state index in [1.54, 1.807) is 20.5 Å². The number of hydrogen-bond acceptors (Lipinski definition) is 6. The molecule has 1 aliphatic heterocycles. The lowest BCUT2D eigenvalue weighted by Gasteiger charge is -2.37. The number of benzene rings is 1. The van der Waals surface area contributed by atoms with Gasteiger partial charge in [0, 0.05) is 57.8 Å². The first-order valence-corrected chi connectivity index (χ1v) is 10.3. The number of hydrogen-bond donors (Lipinski definition) is 1. The van der Waals surface area contributed by atoms with Crippen LogP contribution in [0.5, 0.6) is 11.5 Å². The molecule has 0 radical (unpaired) electrons. The van der Waals surface area contributed by atoms with Gasteiger partial charge >= 0.3 is 0 Å². The summed E-state index contributed by atoms with van der Waals surface area (Å²) in [7, 11) is 5.16. The molecule has 8 heteroatoms. The van der Waals surface area contributed by atoms with Crippen LogP contribution in [0.15, 0.2) is 40.0 Å². The Labute approximate surface area is 178 Å². The third-order valence-corrected chi connectivity index (χ3v) is 5.61. The third kappa shape index (κ3) is 5.24. The second-order valence-electron chi connectivity index (χ2n) is 8.11. The SMILES string of the molecule is CN=C(NCC(C)(C)c1ccc(OC)c(OC)c1)N1CCN(Cc2ccon2)CC1. The molecule has 0 spiro atoms. The smallest absolute Gasteiger partial charge is 0.193 e. The minimum absolute atomic E-state index is 0.107. The molecule has 8 nitrogen and oxygen atoms in total. The normalized spacial score (nSPS) is 15.9. The molecule has 0 amide bonds. The van der Waals surface area contributed by atoms with Crippen LogP contribution in [0.3, 0.4) is 0 Å². The topological polar surface area (TPSA) is 75.4 Å². The second-order valence-corrected chi connectivity index (χ2v) is 8.11. The standard InChI is InChI=1S/C22H33N5O3/c1-22(2,17-6-7-19(28-4)20(14-17)29-5)16-24-21(23-3)27-11-9-26(10-12-27)15-18-8-13-30-25-18/h6-8,13-14H,9-12,15-16H2,1-5H3,(H,23,24). The van der Waals surface area contributed by atoms with Crippen molar-refractivity contribution in [3.63, 3.8) is 0 Å². The number of guanidine groups is 1. The summed E-state index contributed by atoms with van der Waals surface area (Å²) < 4.78 is 15.8. The lowest BCUT2D eigenvalue weighted by atomic mass is 9.84. The van der Waals surface area contributed by atoms with E-state index < -0.39 is 0 Å². The zero-order valence-corrected chi connectivity index (χ0v) is 18.6. The fraction of sp³-hybridized carbons (Fsp3) is 0.545. The van der Waals surface area contributed by atoms with E-state index in [2.05, 4.69) is 45.2 Å². The van der Waals surface area contributed by atoms with Crippen LogP contribution in [0.25, 0.3) is 0 Å². The van der Waals surface area contributed by atoms with Crippen molar-refractivity contribution in [2.24, 2.45) is 4.99 Å². The molecular formula is C22H33N5O3. The van der Waals surface area contributed by atoms with Gasteiger partial charge in [-0.1, -0.05) is 25.1 Å². The summed E-state index contributed by atoms with van der Waals surface area (Å²) in [5.74, 6) is 2.42. The van der Waals surface area contributed by atoms with E-state index in [-0.39, 0.29) is 5.41 Å². The summed E-state index contributed by atoms with van der Waals surface area (Å²) in [4.78, 5) is 9.20. The van der Waals surface area contributed by atoms with Gasteiger partial charge in [-0.25, -0.2) is 0 Å². The minimum atomic E-state index is -0.107. The van der Waals surface area contributed by atoms with Crippen LogP contribution < -0.4 is 14.8 Å². The molecule has 164 valence electrons. The van der Waals surface area contributed by atoms with Gasteiger partial charge in [0.2, 0.25) is 0 Å². The summed E-state index contributed by atoms with van der Waals surface area (Å²) in [6.07, 6.45) is 1.62. The number of nitrogens with zero attached hydrogens (tertiary/aromatic N) is 4. The van der Waals surface area contributed by atoms with E-state index in [1.807, 2.05) is 25.2 Å². The maximum Gasteiger partial charge on any atom is 0.193 e. The van der Waals surface area contributed by atoms with Gasteiger partial charge in [-0.2, -0.15) is 0 Å². The van der Waals surface area contributed by atoms with Gasteiger partial charge in [-0.05, 0) is 17.7 Å². The molecule has 0 bridgehead atoms. The summed E-state index contributed by atoms with van der Waals surface area (Å²) in [6.45, 7) is 9.79. The highest BCUT2D eigenvalue weighted by molar-refractivity contribution is 5.80. The average Bonchev–Trinajstić information content (AvgIpc) is 3.27. The predicted molar refractivity (Wildman–Crippen MR) is 117 cm³/mol. The first kappa shape index (κ1) is 22.0. The molecule has 0 saturated carbocycles. The second kappa shape index (κ2) is 9.84. The fourth-order valence-electron chi connectivity index (χ4n) is 3.66. The highest BCUT2D eigenvalue weighted by atomic mass is 16.5. The molecule has 30 heavy (non-hydrogen) atoms. The van der Waals surface area contributed by atoms with Gasteiger partial charge in [-0.3, -0.25) is 9.89 Å². The molecule has 0 atom stereocenters. The molecule has 0 aliphatic carbocycles. The molecule has 2 heterocycles. The molecule has 1 N–H and O–H groups in total. The van der Waals surface area contributed by atoms with Gasteiger partial charge in [0.25, 0.3) is 0 Å². The summed E-state index contributed by atoms with van der Waals surface area (Å²) in [5.41, 5.74) is 2.05. The van der Waals surface area contributed by atoms with E-state index >= 15 is 0 Å². The fourth-order valence-corrected chi connectivity index (χ4v) is 3.66. The molecule has 1 aromatic heterocycles. The van der Waals surface area contributed by atoms with E-state index in [9.17, 15) is 0 Å². The first-order chi connectivity index (χ1) is 14.5. The Morgan fingerprint density at radius 1 is 1.13 bits per heavy atom. The van der Waals surface area contributed by atoms with Crippen molar-refractivity contribution >= 4 is 5.96 Å². The van der Waals surface area contributed by atoms with Crippen LogP contribution >= 0.6 is 0 Å². The Morgan fingerprint density at radius 2 is 1.87 bits per heavy atom. The molecular weight excluding hydrogens is 382 g/mol. The number of methoxy groups -OCH3 is 2. The molecule has 0 unspecified atom stereocenters. The molecule has 1 saturated heterocycles. The van der Waals surface area contributed by atoms with Crippen LogP contribution in [-0.4, -0.2) is 74.9 Å². The number of aromatic nitrogens is 1.